The highest BCUT2D eigenvalue weighted by Gasteiger charge is 2.49. The van der Waals surface area contributed by atoms with Crippen LogP contribution in [-0.4, -0.2) is 50.4 Å². The fraction of sp³-hybridized carbons (Fsp3) is 0.308. The van der Waals surface area contributed by atoms with Crippen molar-refractivity contribution in [1.29, 1.82) is 0 Å². The van der Waals surface area contributed by atoms with E-state index in [1.165, 1.54) is 19.6 Å². The molecule has 4 atom stereocenters. The number of nitrogens with two attached hydrogens (primary N) is 1. The van der Waals surface area contributed by atoms with Gasteiger partial charge in [-0.1, -0.05) is 58.5 Å². The molecular weight excluding hydrogens is 604 g/mol. The second-order valence-electron chi connectivity index (χ2n) is 8.98. The molecule has 0 amide bonds. The van der Waals surface area contributed by atoms with Crippen LogP contribution in [0.5, 0.6) is 0 Å². The third kappa shape index (κ3) is 6.28. The second kappa shape index (κ2) is 12.4. The normalized spacial score (nSPS) is 20.7. The Morgan fingerprint density at radius 2 is 1.65 bits per heavy atom. The van der Waals surface area contributed by atoms with Crippen molar-refractivity contribution >= 4 is 69.4 Å². The number of carbonyl (C=O) groups is 1. The minimum atomic E-state index is -0.898. The number of imidazole rings is 1. The lowest BCUT2D eigenvalue weighted by molar-refractivity contribution is -0.158. The molecule has 2 N–H and O–H groups in total. The van der Waals surface area contributed by atoms with E-state index in [2.05, 4.69) is 15.0 Å². The van der Waals surface area contributed by atoms with Gasteiger partial charge in [0.05, 0.1) is 26.1 Å². The third-order valence-corrected chi connectivity index (χ3v) is 7.42. The van der Waals surface area contributed by atoms with Gasteiger partial charge in [-0.25, -0.2) is 15.0 Å². The molecule has 0 bridgehead atoms. The topological polar surface area (TPSA) is 124 Å². The van der Waals surface area contributed by atoms with Crippen LogP contribution in [0.1, 0.15) is 24.3 Å². The Balaban J connectivity index is 1.43. The lowest BCUT2D eigenvalue weighted by Crippen LogP contribution is -2.39. The molecule has 0 aliphatic carbocycles. The first-order valence-corrected chi connectivity index (χ1v) is 13.6. The van der Waals surface area contributed by atoms with Gasteiger partial charge >= 0.3 is 5.97 Å². The number of anilines is 1. The van der Waals surface area contributed by atoms with Crippen LogP contribution in [0.2, 0.25) is 20.1 Å². The van der Waals surface area contributed by atoms with Gasteiger partial charge in [0.1, 0.15) is 24.1 Å². The molecule has 0 radical (unpaired) electrons. The third-order valence-electron chi connectivity index (χ3n) is 6.25. The first-order chi connectivity index (χ1) is 19.2. The number of hydrogen-bond donors (Lipinski definition) is 1. The molecule has 4 aromatic rings. The number of benzene rings is 2. The average Bonchev–Trinajstić information content (AvgIpc) is 3.47. The molecule has 210 valence electrons. The molecule has 1 aliphatic rings. The van der Waals surface area contributed by atoms with Crippen LogP contribution in [-0.2, 0) is 37.0 Å². The number of esters is 1. The first-order valence-electron chi connectivity index (χ1n) is 12.0. The van der Waals surface area contributed by atoms with Gasteiger partial charge < -0.3 is 24.7 Å². The number of rotatable bonds is 9. The number of nitrogens with zero attached hydrogens (tertiary/aromatic N) is 4. The van der Waals surface area contributed by atoms with Gasteiger partial charge in [0, 0.05) is 27.0 Å². The molecule has 0 saturated carbocycles. The molecule has 5 rings (SSSR count). The summed E-state index contributed by atoms with van der Waals surface area (Å²) in [4.78, 5) is 24.8. The number of ether oxygens (including phenoxy) is 4. The largest absolute Gasteiger partial charge is 0.455 e. The quantitative estimate of drug-likeness (QED) is 0.235. The van der Waals surface area contributed by atoms with Crippen LogP contribution in [0.4, 0.5) is 5.82 Å². The van der Waals surface area contributed by atoms with Crippen molar-refractivity contribution in [2.45, 2.75) is 44.7 Å². The van der Waals surface area contributed by atoms with Gasteiger partial charge in [-0.05, 0) is 35.4 Å². The van der Waals surface area contributed by atoms with Crippen LogP contribution in [0.15, 0.2) is 49.1 Å². The van der Waals surface area contributed by atoms with Crippen molar-refractivity contribution in [1.82, 2.24) is 19.5 Å². The van der Waals surface area contributed by atoms with E-state index in [9.17, 15) is 4.79 Å². The summed E-state index contributed by atoms with van der Waals surface area (Å²) in [5.41, 5.74) is 8.21. The minimum Gasteiger partial charge on any atom is -0.455 e. The maximum atomic E-state index is 12.2. The van der Waals surface area contributed by atoms with Crippen LogP contribution in [0.25, 0.3) is 11.2 Å². The van der Waals surface area contributed by atoms with E-state index in [0.717, 1.165) is 5.56 Å². The highest BCUT2D eigenvalue weighted by molar-refractivity contribution is 6.35. The zero-order valence-electron chi connectivity index (χ0n) is 21.0. The minimum absolute atomic E-state index is 0.0794. The van der Waals surface area contributed by atoms with Gasteiger partial charge in [-0.3, -0.25) is 9.36 Å². The zero-order chi connectivity index (χ0) is 28.4. The summed E-state index contributed by atoms with van der Waals surface area (Å²) in [5, 5.41) is 1.93. The number of nitrogen functional groups attached to an aromatic ring is 1. The molecule has 2 aromatic heterocycles. The number of carbonyl (C=O) groups excluding carboxylic acids is 1. The summed E-state index contributed by atoms with van der Waals surface area (Å²) in [5.74, 6) is -0.319. The van der Waals surface area contributed by atoms with Crippen LogP contribution < -0.4 is 5.73 Å². The zero-order valence-corrected chi connectivity index (χ0v) is 24.0. The molecule has 2 aromatic carbocycles. The molecule has 40 heavy (non-hydrogen) atoms. The van der Waals surface area contributed by atoms with Crippen molar-refractivity contribution in [3.05, 3.63) is 80.3 Å². The summed E-state index contributed by atoms with van der Waals surface area (Å²) < 4.78 is 26.0. The van der Waals surface area contributed by atoms with E-state index in [1.54, 1.807) is 41.0 Å². The van der Waals surface area contributed by atoms with Gasteiger partial charge in [0.25, 0.3) is 0 Å². The molecular formula is C26H23Cl4N5O5. The maximum Gasteiger partial charge on any atom is 0.303 e. The molecule has 0 spiro atoms. The van der Waals surface area contributed by atoms with Gasteiger partial charge in [0.2, 0.25) is 0 Å². The molecule has 1 fully saturated rings. The van der Waals surface area contributed by atoms with Crippen LogP contribution in [0.3, 0.4) is 0 Å². The van der Waals surface area contributed by atoms with E-state index in [-0.39, 0.29) is 25.6 Å². The van der Waals surface area contributed by atoms with Crippen LogP contribution >= 0.6 is 46.4 Å². The maximum absolute atomic E-state index is 12.2. The Hall–Kier alpha value is -2.70. The van der Waals surface area contributed by atoms with E-state index in [4.69, 9.17) is 71.1 Å². The monoisotopic (exact) mass is 625 g/mol. The fourth-order valence-electron chi connectivity index (χ4n) is 4.39. The molecule has 10 nitrogen and oxygen atoms in total. The van der Waals surface area contributed by atoms with E-state index in [0.29, 0.717) is 36.8 Å². The van der Waals surface area contributed by atoms with Crippen molar-refractivity contribution in [3.8, 4) is 0 Å². The number of aromatic nitrogens is 4. The summed E-state index contributed by atoms with van der Waals surface area (Å²) >= 11 is 24.7. The molecule has 1 aliphatic heterocycles. The lowest BCUT2D eigenvalue weighted by atomic mass is 10.1. The van der Waals surface area contributed by atoms with Crippen molar-refractivity contribution in [3.63, 3.8) is 0 Å². The van der Waals surface area contributed by atoms with Gasteiger partial charge in [-0.15, -0.1) is 0 Å². The predicted octanol–water partition coefficient (Wildman–Crippen LogP) is 5.65. The van der Waals surface area contributed by atoms with E-state index >= 15 is 0 Å². The Kier molecular flexibility index (Phi) is 8.96. The average molecular weight is 627 g/mol. The highest BCUT2D eigenvalue weighted by Crippen LogP contribution is 2.37. The summed E-state index contributed by atoms with van der Waals surface area (Å²) in [6.07, 6.45) is -0.383. The molecule has 0 unspecified atom stereocenters. The highest BCUT2D eigenvalue weighted by atomic mass is 35.5. The predicted molar refractivity (Wildman–Crippen MR) is 150 cm³/mol. The van der Waals surface area contributed by atoms with Crippen molar-refractivity contribution in [2.75, 3.05) is 12.3 Å². The number of hydrogen-bond acceptors (Lipinski definition) is 9. The number of fused-ring (bicyclic) bond motifs is 1. The lowest BCUT2D eigenvalue weighted by Gasteiger charge is -2.25. The SMILES string of the molecule is CC(=O)O[C@@H]1[C@H](OCc2ccc(Cl)cc2Cl)[C@@H](COCc2ccc(Cl)cc2Cl)O[C@H]1n1cnc2c(N)ncnc21. The Morgan fingerprint density at radius 3 is 2.30 bits per heavy atom. The first kappa shape index (κ1) is 28.8. The molecule has 3 heterocycles. The van der Waals surface area contributed by atoms with Crippen molar-refractivity contribution in [2.24, 2.45) is 0 Å². The van der Waals surface area contributed by atoms with Crippen molar-refractivity contribution < 1.29 is 23.7 Å². The van der Waals surface area contributed by atoms with Gasteiger partial charge in [-0.2, -0.15) is 0 Å². The molecule has 1 saturated heterocycles. The summed E-state index contributed by atoms with van der Waals surface area (Å²) in [6, 6.07) is 10.2. The van der Waals surface area contributed by atoms with E-state index < -0.39 is 30.5 Å². The van der Waals surface area contributed by atoms with Crippen LogP contribution in [0, 0.1) is 0 Å². The standard InChI is InChI=1S/C26H23Cl4N5O5/c1-13(36)39-23-22(38-9-15-3-5-17(28)7-19(15)30)20(10-37-8-14-2-4-16(27)6-18(14)29)40-26(23)35-12-34-21-24(31)32-11-33-25(21)35/h2-7,11-12,20,22-23,26H,8-10H2,1H3,(H2,31,32,33)/t20-,22-,23-,26-/m1/s1. The summed E-state index contributed by atoms with van der Waals surface area (Å²) in [7, 11) is 0. The number of halogens is 4. The Bertz CT molecular complexity index is 1540. The fourth-order valence-corrected chi connectivity index (χ4v) is 5.32. The smallest absolute Gasteiger partial charge is 0.303 e. The molecule has 14 heteroatoms. The van der Waals surface area contributed by atoms with E-state index in [1.807, 2.05) is 0 Å². The second-order valence-corrected chi connectivity index (χ2v) is 10.7. The Labute approximate surface area is 249 Å². The van der Waals surface area contributed by atoms with Gasteiger partial charge in [0.15, 0.2) is 23.8 Å². The summed E-state index contributed by atoms with van der Waals surface area (Å²) in [6.45, 7) is 1.67. The Morgan fingerprint density at radius 1 is 0.975 bits per heavy atom.